The van der Waals surface area contributed by atoms with Crippen molar-refractivity contribution in [3.63, 3.8) is 0 Å². The summed E-state index contributed by atoms with van der Waals surface area (Å²) in [5.74, 6) is 1.73. The van der Waals surface area contributed by atoms with Gasteiger partial charge in [-0.15, -0.1) is 0 Å². The summed E-state index contributed by atoms with van der Waals surface area (Å²) in [6.45, 7) is 1.15. The Hall–Kier alpha value is -0.980. The molecular weight excluding hydrogens is 271 g/mol. The highest BCUT2D eigenvalue weighted by Crippen LogP contribution is 2.35. The van der Waals surface area contributed by atoms with Crippen LogP contribution in [0.15, 0.2) is 4.99 Å². The normalized spacial score (nSPS) is 29.2. The van der Waals surface area contributed by atoms with Gasteiger partial charge in [0.05, 0.1) is 6.54 Å². The van der Waals surface area contributed by atoms with Crippen LogP contribution in [0.1, 0.15) is 25.7 Å². The van der Waals surface area contributed by atoms with E-state index in [-0.39, 0.29) is 0 Å². The molecule has 2 aliphatic rings. The van der Waals surface area contributed by atoms with Gasteiger partial charge < -0.3 is 15.3 Å². The second-order valence-corrected chi connectivity index (χ2v) is 5.70. The largest absolute Gasteiger partial charge is 0.416 e. The van der Waals surface area contributed by atoms with E-state index in [9.17, 15) is 13.2 Å². The van der Waals surface area contributed by atoms with Gasteiger partial charge in [-0.25, -0.2) is 0 Å². The molecule has 0 spiro atoms. The van der Waals surface area contributed by atoms with Crippen molar-refractivity contribution in [2.45, 2.75) is 38.0 Å². The number of aliphatic hydroxyl groups is 1. The summed E-state index contributed by atoms with van der Waals surface area (Å²) in [5.41, 5.74) is 0. The molecule has 3 atom stereocenters. The zero-order valence-corrected chi connectivity index (χ0v) is 11.7. The predicted octanol–water partition coefficient (Wildman–Crippen LogP) is 1.61. The number of nitrogens with zero attached hydrogens (tertiary/aromatic N) is 2. The lowest BCUT2D eigenvalue weighted by Crippen LogP contribution is -2.46. The number of guanidine groups is 1. The first-order valence-corrected chi connectivity index (χ1v) is 7.12. The lowest BCUT2D eigenvalue weighted by atomic mass is 9.82. The van der Waals surface area contributed by atoms with E-state index in [1.807, 2.05) is 4.90 Å². The minimum atomic E-state index is -4.59. The van der Waals surface area contributed by atoms with Gasteiger partial charge in [0.2, 0.25) is 0 Å². The topological polar surface area (TPSA) is 47.9 Å². The second kappa shape index (κ2) is 6.20. The fourth-order valence-corrected chi connectivity index (χ4v) is 3.21. The predicted molar refractivity (Wildman–Crippen MR) is 70.4 cm³/mol. The number of aliphatic imine (C=N–C) groups is 1. The van der Waals surface area contributed by atoms with Crippen molar-refractivity contribution >= 4 is 5.96 Å². The van der Waals surface area contributed by atoms with E-state index in [1.165, 1.54) is 25.7 Å². The summed E-state index contributed by atoms with van der Waals surface area (Å²) in [6, 6.07) is 0. The molecule has 2 N–H and O–H groups in total. The van der Waals surface area contributed by atoms with Gasteiger partial charge in [0, 0.05) is 20.1 Å². The van der Waals surface area contributed by atoms with Crippen LogP contribution in [-0.2, 0) is 0 Å². The van der Waals surface area contributed by atoms with E-state index in [1.54, 1.807) is 7.05 Å². The van der Waals surface area contributed by atoms with Gasteiger partial charge in [-0.05, 0) is 24.7 Å². The molecule has 1 saturated heterocycles. The molecule has 116 valence electrons. The lowest BCUT2D eigenvalue weighted by molar-refractivity contribution is -0.201. The molecule has 2 rings (SSSR count). The molecule has 3 unspecified atom stereocenters. The van der Waals surface area contributed by atoms with Gasteiger partial charge in [0.1, 0.15) is 0 Å². The molecule has 0 aromatic heterocycles. The number of aliphatic hydroxyl groups excluding tert-OH is 1. The molecule has 1 saturated carbocycles. The molecule has 0 bridgehead atoms. The Kier molecular flexibility index (Phi) is 4.78. The van der Waals surface area contributed by atoms with E-state index in [0.29, 0.717) is 17.8 Å². The van der Waals surface area contributed by atoms with Crippen LogP contribution in [0.25, 0.3) is 0 Å². The van der Waals surface area contributed by atoms with Crippen LogP contribution in [0.4, 0.5) is 13.2 Å². The minimum absolute atomic E-state index is 0.461. The number of hydrogen-bond donors (Lipinski definition) is 2. The highest BCUT2D eigenvalue weighted by atomic mass is 19.4. The Labute approximate surface area is 117 Å². The second-order valence-electron chi connectivity index (χ2n) is 5.70. The maximum atomic E-state index is 12.3. The van der Waals surface area contributed by atoms with Gasteiger partial charge in [-0.3, -0.25) is 4.99 Å². The zero-order valence-electron chi connectivity index (χ0n) is 11.7. The van der Waals surface area contributed by atoms with Crippen LogP contribution in [0.2, 0.25) is 0 Å². The Balaban J connectivity index is 1.87. The quantitative estimate of drug-likeness (QED) is 0.600. The number of fused-ring (bicyclic) bond motifs is 1. The first-order chi connectivity index (χ1) is 9.41. The van der Waals surface area contributed by atoms with E-state index in [0.717, 1.165) is 13.1 Å². The fraction of sp³-hybridized carbons (Fsp3) is 0.923. The summed E-state index contributed by atoms with van der Waals surface area (Å²) < 4.78 is 36.8. The number of hydrogen-bond acceptors (Lipinski definition) is 2. The van der Waals surface area contributed by atoms with E-state index < -0.39 is 18.8 Å². The molecule has 1 aliphatic heterocycles. The Bertz CT molecular complexity index is 345. The number of halogens is 3. The number of nitrogens with one attached hydrogen (secondary N) is 1. The molecule has 0 aromatic rings. The summed E-state index contributed by atoms with van der Waals surface area (Å²) in [5, 5.41) is 11.7. The van der Waals surface area contributed by atoms with Gasteiger partial charge in [-0.1, -0.05) is 12.8 Å². The minimum Gasteiger partial charge on any atom is -0.382 e. The summed E-state index contributed by atoms with van der Waals surface area (Å²) in [4.78, 5) is 6.05. The Morgan fingerprint density at radius 2 is 1.85 bits per heavy atom. The highest BCUT2D eigenvalue weighted by molar-refractivity contribution is 5.80. The van der Waals surface area contributed by atoms with Crippen LogP contribution in [0.3, 0.4) is 0 Å². The molecule has 2 fully saturated rings. The van der Waals surface area contributed by atoms with Crippen molar-refractivity contribution in [2.24, 2.45) is 16.8 Å². The Morgan fingerprint density at radius 1 is 1.30 bits per heavy atom. The average molecular weight is 293 g/mol. The SMILES string of the molecule is CN=C(NCC(O)C(F)(F)F)N1CC2CCCCC2C1. The van der Waals surface area contributed by atoms with Gasteiger partial charge in [0.25, 0.3) is 0 Å². The first-order valence-electron chi connectivity index (χ1n) is 7.12. The third kappa shape index (κ3) is 3.56. The number of likely N-dealkylation sites (tertiary alicyclic amines) is 1. The van der Waals surface area contributed by atoms with Crippen LogP contribution in [0.5, 0.6) is 0 Å². The molecular formula is C13H22F3N3O. The van der Waals surface area contributed by atoms with Crippen molar-refractivity contribution in [3.8, 4) is 0 Å². The standard InChI is InChI=1S/C13H22F3N3O/c1-17-12(18-6-11(20)13(14,15)16)19-7-9-4-2-3-5-10(9)8-19/h9-11,20H,2-8H2,1H3,(H,17,18). The maximum Gasteiger partial charge on any atom is 0.416 e. The van der Waals surface area contributed by atoms with Crippen molar-refractivity contribution in [3.05, 3.63) is 0 Å². The average Bonchev–Trinajstić information content (AvgIpc) is 2.81. The summed E-state index contributed by atoms with van der Waals surface area (Å²) in [7, 11) is 1.56. The van der Waals surface area contributed by atoms with E-state index in [2.05, 4.69) is 10.3 Å². The zero-order chi connectivity index (χ0) is 14.8. The molecule has 0 radical (unpaired) electrons. The highest BCUT2D eigenvalue weighted by Gasteiger charge is 2.39. The third-order valence-electron chi connectivity index (χ3n) is 4.32. The molecule has 7 heteroatoms. The van der Waals surface area contributed by atoms with Crippen molar-refractivity contribution in [2.75, 3.05) is 26.7 Å². The molecule has 1 heterocycles. The first kappa shape index (κ1) is 15.4. The van der Waals surface area contributed by atoms with Crippen LogP contribution in [0, 0.1) is 11.8 Å². The Morgan fingerprint density at radius 3 is 2.30 bits per heavy atom. The van der Waals surface area contributed by atoms with Crippen LogP contribution in [-0.4, -0.2) is 54.9 Å². The summed E-state index contributed by atoms with van der Waals surface area (Å²) >= 11 is 0. The molecule has 1 aliphatic carbocycles. The molecule has 20 heavy (non-hydrogen) atoms. The van der Waals surface area contributed by atoms with Crippen LogP contribution < -0.4 is 5.32 Å². The fourth-order valence-electron chi connectivity index (χ4n) is 3.21. The van der Waals surface area contributed by atoms with Crippen molar-refractivity contribution in [1.82, 2.24) is 10.2 Å². The van der Waals surface area contributed by atoms with Gasteiger partial charge >= 0.3 is 6.18 Å². The molecule has 0 amide bonds. The van der Waals surface area contributed by atoms with Crippen molar-refractivity contribution in [1.29, 1.82) is 0 Å². The lowest BCUT2D eigenvalue weighted by Gasteiger charge is -2.23. The molecule has 4 nitrogen and oxygen atoms in total. The number of alkyl halides is 3. The summed E-state index contributed by atoms with van der Waals surface area (Å²) in [6.07, 6.45) is -2.07. The van der Waals surface area contributed by atoms with E-state index >= 15 is 0 Å². The van der Waals surface area contributed by atoms with Crippen molar-refractivity contribution < 1.29 is 18.3 Å². The van der Waals surface area contributed by atoms with Crippen LogP contribution >= 0.6 is 0 Å². The smallest absolute Gasteiger partial charge is 0.382 e. The van der Waals surface area contributed by atoms with Gasteiger partial charge in [0.15, 0.2) is 12.1 Å². The van der Waals surface area contributed by atoms with Gasteiger partial charge in [-0.2, -0.15) is 13.2 Å². The molecule has 0 aromatic carbocycles. The maximum absolute atomic E-state index is 12.3. The monoisotopic (exact) mass is 293 g/mol. The number of rotatable bonds is 2. The van der Waals surface area contributed by atoms with E-state index in [4.69, 9.17) is 5.11 Å². The third-order valence-corrected chi connectivity index (χ3v) is 4.32.